The highest BCUT2D eigenvalue weighted by atomic mass is 32.2. The fourth-order valence-corrected chi connectivity index (χ4v) is 1.97. The molecule has 0 aliphatic rings. The summed E-state index contributed by atoms with van der Waals surface area (Å²) >= 11 is 0. The van der Waals surface area contributed by atoms with Gasteiger partial charge in [-0.3, -0.25) is 0 Å². The van der Waals surface area contributed by atoms with E-state index < -0.39 is 22.3 Å². The number of sulfone groups is 1. The molecule has 0 radical (unpaired) electrons. The summed E-state index contributed by atoms with van der Waals surface area (Å²) in [6.07, 6.45) is 0. The second-order valence-corrected chi connectivity index (χ2v) is 4.69. The van der Waals surface area contributed by atoms with E-state index in [1.165, 1.54) is 18.2 Å². The summed E-state index contributed by atoms with van der Waals surface area (Å²) in [5.41, 5.74) is 5.75. The summed E-state index contributed by atoms with van der Waals surface area (Å²) < 4.78 is 34.4. The van der Waals surface area contributed by atoms with E-state index >= 15 is 0 Å². The van der Waals surface area contributed by atoms with Crippen LogP contribution in [0.3, 0.4) is 0 Å². The lowest BCUT2D eigenvalue weighted by molar-refractivity contribution is 0.517. The molecule has 1 rings (SSSR count). The Morgan fingerprint density at radius 1 is 1.38 bits per heavy atom. The molecule has 5 heteroatoms. The average molecular weight is 203 g/mol. The van der Waals surface area contributed by atoms with E-state index in [2.05, 4.69) is 0 Å². The van der Waals surface area contributed by atoms with Gasteiger partial charge in [0.25, 0.3) is 0 Å². The summed E-state index contributed by atoms with van der Waals surface area (Å²) in [5.74, 6) is -0.490. The minimum atomic E-state index is -3.49. The first-order valence-electron chi connectivity index (χ1n) is 3.70. The molecule has 72 valence electrons. The van der Waals surface area contributed by atoms with E-state index in [4.69, 9.17) is 5.73 Å². The zero-order valence-corrected chi connectivity index (χ0v) is 7.72. The first-order chi connectivity index (χ1) is 6.06. The molecule has 0 aliphatic heterocycles. The number of nitrogens with two attached hydrogens (primary N) is 1. The Morgan fingerprint density at radius 2 is 2.08 bits per heavy atom. The molecule has 0 fully saturated rings. The summed E-state index contributed by atoms with van der Waals surface area (Å²) in [6, 6.07) is 5.83. The molecule has 0 spiro atoms. The Balaban J connectivity index is 3.08. The maximum atomic E-state index is 11.9. The van der Waals surface area contributed by atoms with Crippen LogP contribution in [0.1, 0.15) is 0 Å². The van der Waals surface area contributed by atoms with E-state index in [-0.39, 0.29) is 4.90 Å². The van der Waals surface area contributed by atoms with Gasteiger partial charge in [0.15, 0.2) is 9.84 Å². The highest BCUT2D eigenvalue weighted by Gasteiger charge is 2.13. The minimum absolute atomic E-state index is 0.0742. The normalized spacial score (nSPS) is 11.5. The second kappa shape index (κ2) is 3.74. The van der Waals surface area contributed by atoms with Gasteiger partial charge in [-0.05, 0) is 18.2 Å². The number of anilines is 1. The molecule has 2 N–H and O–H groups in total. The SMILES string of the molecule is Nc1cccc(S(=O)(=O)CCF)c1. The van der Waals surface area contributed by atoms with Crippen molar-refractivity contribution in [3.63, 3.8) is 0 Å². The van der Waals surface area contributed by atoms with Crippen LogP contribution in [0.2, 0.25) is 0 Å². The van der Waals surface area contributed by atoms with Crippen molar-refractivity contribution in [1.29, 1.82) is 0 Å². The van der Waals surface area contributed by atoms with Gasteiger partial charge in [-0.1, -0.05) is 6.07 Å². The van der Waals surface area contributed by atoms with Crippen molar-refractivity contribution in [3.05, 3.63) is 24.3 Å². The molecule has 3 nitrogen and oxygen atoms in total. The first-order valence-corrected chi connectivity index (χ1v) is 5.36. The predicted molar refractivity (Wildman–Crippen MR) is 48.9 cm³/mol. The lowest BCUT2D eigenvalue weighted by Crippen LogP contribution is -2.08. The lowest BCUT2D eigenvalue weighted by atomic mass is 10.3. The van der Waals surface area contributed by atoms with Crippen LogP contribution in [0.4, 0.5) is 10.1 Å². The van der Waals surface area contributed by atoms with Crippen LogP contribution in [0.25, 0.3) is 0 Å². The van der Waals surface area contributed by atoms with Gasteiger partial charge in [-0.2, -0.15) is 0 Å². The fourth-order valence-electron chi connectivity index (χ4n) is 0.927. The summed E-state index contributed by atoms with van der Waals surface area (Å²) in [4.78, 5) is 0.0742. The predicted octanol–water partition coefficient (Wildman–Crippen LogP) is 1.01. The van der Waals surface area contributed by atoms with Crippen molar-refractivity contribution in [2.24, 2.45) is 0 Å². The molecule has 0 atom stereocenters. The van der Waals surface area contributed by atoms with Crippen LogP contribution in [0.5, 0.6) is 0 Å². The summed E-state index contributed by atoms with van der Waals surface area (Å²) in [7, 11) is -3.49. The molecule has 0 saturated carbocycles. The van der Waals surface area contributed by atoms with E-state index in [0.29, 0.717) is 5.69 Å². The Labute approximate surface area is 76.3 Å². The smallest absolute Gasteiger partial charge is 0.181 e. The second-order valence-electron chi connectivity index (χ2n) is 2.58. The van der Waals surface area contributed by atoms with Crippen LogP contribution in [0.15, 0.2) is 29.2 Å². The van der Waals surface area contributed by atoms with Gasteiger partial charge in [0.05, 0.1) is 10.6 Å². The van der Waals surface area contributed by atoms with Crippen LogP contribution >= 0.6 is 0 Å². The Kier molecular flexibility index (Phi) is 2.87. The molecular formula is C8H10FNO2S. The molecule has 0 bridgehead atoms. The minimum Gasteiger partial charge on any atom is -0.399 e. The number of nitrogen functional groups attached to an aromatic ring is 1. The van der Waals surface area contributed by atoms with Crippen molar-refractivity contribution in [1.82, 2.24) is 0 Å². The van der Waals surface area contributed by atoms with Crippen LogP contribution < -0.4 is 5.73 Å². The maximum absolute atomic E-state index is 11.9. The van der Waals surface area contributed by atoms with Crippen molar-refractivity contribution in [2.45, 2.75) is 4.90 Å². The Hall–Kier alpha value is -1.10. The third-order valence-electron chi connectivity index (χ3n) is 1.56. The van der Waals surface area contributed by atoms with Crippen molar-refractivity contribution in [2.75, 3.05) is 18.2 Å². The zero-order valence-electron chi connectivity index (χ0n) is 6.90. The molecule has 1 aromatic rings. The Bertz CT molecular complexity index is 389. The molecule has 1 aromatic carbocycles. The van der Waals surface area contributed by atoms with Gasteiger partial charge in [0.1, 0.15) is 6.67 Å². The van der Waals surface area contributed by atoms with E-state index in [1.807, 2.05) is 0 Å². The van der Waals surface area contributed by atoms with Crippen LogP contribution in [0, 0.1) is 0 Å². The van der Waals surface area contributed by atoms with Crippen LogP contribution in [-0.4, -0.2) is 20.8 Å². The van der Waals surface area contributed by atoms with Gasteiger partial charge >= 0.3 is 0 Å². The molecule has 0 heterocycles. The molecule has 0 amide bonds. The standard InChI is InChI=1S/C8H10FNO2S/c9-4-5-13(11,12)8-3-1-2-7(10)6-8/h1-3,6H,4-5,10H2. The average Bonchev–Trinajstić information content (AvgIpc) is 2.04. The summed E-state index contributed by atoms with van der Waals surface area (Å²) in [6.45, 7) is -0.878. The molecule has 0 unspecified atom stereocenters. The Morgan fingerprint density at radius 3 is 2.62 bits per heavy atom. The molecule has 13 heavy (non-hydrogen) atoms. The summed E-state index contributed by atoms with van der Waals surface area (Å²) in [5, 5.41) is 0. The number of benzene rings is 1. The number of hydrogen-bond acceptors (Lipinski definition) is 3. The number of halogens is 1. The largest absolute Gasteiger partial charge is 0.399 e. The number of alkyl halides is 1. The van der Waals surface area contributed by atoms with Gasteiger partial charge < -0.3 is 5.73 Å². The van der Waals surface area contributed by atoms with Crippen molar-refractivity contribution >= 4 is 15.5 Å². The molecule has 0 saturated heterocycles. The van der Waals surface area contributed by atoms with Gasteiger partial charge in [0.2, 0.25) is 0 Å². The third kappa shape index (κ3) is 2.42. The van der Waals surface area contributed by atoms with Gasteiger partial charge in [-0.25, -0.2) is 12.8 Å². The van der Waals surface area contributed by atoms with E-state index in [1.54, 1.807) is 6.07 Å². The van der Waals surface area contributed by atoms with Crippen LogP contribution in [-0.2, 0) is 9.84 Å². The monoisotopic (exact) mass is 203 g/mol. The number of rotatable bonds is 3. The van der Waals surface area contributed by atoms with Gasteiger partial charge in [-0.15, -0.1) is 0 Å². The third-order valence-corrected chi connectivity index (χ3v) is 3.23. The molecular weight excluding hydrogens is 193 g/mol. The first kappa shape index (κ1) is 9.98. The van der Waals surface area contributed by atoms with E-state index in [9.17, 15) is 12.8 Å². The highest BCUT2D eigenvalue weighted by Crippen LogP contribution is 2.14. The maximum Gasteiger partial charge on any atom is 0.181 e. The zero-order chi connectivity index (χ0) is 9.90. The highest BCUT2D eigenvalue weighted by molar-refractivity contribution is 7.91. The van der Waals surface area contributed by atoms with Crippen molar-refractivity contribution in [3.8, 4) is 0 Å². The van der Waals surface area contributed by atoms with Crippen molar-refractivity contribution < 1.29 is 12.8 Å². The fraction of sp³-hybridized carbons (Fsp3) is 0.250. The quantitative estimate of drug-likeness (QED) is 0.746. The molecule has 0 aromatic heterocycles. The topological polar surface area (TPSA) is 60.2 Å². The molecule has 0 aliphatic carbocycles. The van der Waals surface area contributed by atoms with E-state index in [0.717, 1.165) is 0 Å². The number of hydrogen-bond donors (Lipinski definition) is 1. The van der Waals surface area contributed by atoms with Gasteiger partial charge in [0, 0.05) is 5.69 Å². The lowest BCUT2D eigenvalue weighted by Gasteiger charge is -2.01.